The van der Waals surface area contributed by atoms with Gasteiger partial charge in [-0.05, 0) is 38.6 Å². The Balaban J connectivity index is 2.81. The first kappa shape index (κ1) is 17.3. The second kappa shape index (κ2) is 6.80. The van der Waals surface area contributed by atoms with Crippen molar-refractivity contribution in [3.8, 4) is 0 Å². The average Bonchev–Trinajstić information content (AvgIpc) is 2.28. The summed E-state index contributed by atoms with van der Waals surface area (Å²) in [6.07, 6.45) is -4.47. The highest BCUT2D eigenvalue weighted by Crippen LogP contribution is 2.33. The maximum atomic E-state index is 13.0. The number of halogens is 3. The van der Waals surface area contributed by atoms with Crippen molar-refractivity contribution in [3.05, 3.63) is 29.3 Å². The van der Waals surface area contributed by atoms with Crippen LogP contribution in [0.15, 0.2) is 18.2 Å². The van der Waals surface area contributed by atoms with E-state index >= 15 is 0 Å². The Morgan fingerprint density at radius 1 is 1.38 bits per heavy atom. The minimum atomic E-state index is -4.47. The molecule has 1 aromatic rings. The molecule has 0 bridgehead atoms. The predicted octanol–water partition coefficient (Wildman–Crippen LogP) is 2.24. The van der Waals surface area contributed by atoms with Crippen LogP contribution in [0.25, 0.3) is 0 Å². The summed E-state index contributed by atoms with van der Waals surface area (Å²) in [6.45, 7) is 3.68. The van der Waals surface area contributed by atoms with Crippen molar-refractivity contribution in [1.29, 1.82) is 0 Å². The molecule has 0 radical (unpaired) electrons. The Morgan fingerprint density at radius 2 is 2.00 bits per heavy atom. The number of carbonyl (C=O) groups excluding carboxylic acids is 1. The molecule has 4 nitrogen and oxygen atoms in total. The lowest BCUT2D eigenvalue weighted by Crippen LogP contribution is -2.38. The van der Waals surface area contributed by atoms with E-state index in [0.717, 1.165) is 6.07 Å². The SMILES string of the molecule is CC(C)NC(=O)CN(C)Cc1ccc(N)cc1C(F)(F)F. The van der Waals surface area contributed by atoms with Gasteiger partial charge in [0, 0.05) is 18.3 Å². The maximum absolute atomic E-state index is 13.0. The molecule has 1 rings (SSSR count). The van der Waals surface area contributed by atoms with Gasteiger partial charge in [0.1, 0.15) is 0 Å². The van der Waals surface area contributed by atoms with Gasteiger partial charge in [0.2, 0.25) is 5.91 Å². The van der Waals surface area contributed by atoms with Crippen molar-refractivity contribution in [3.63, 3.8) is 0 Å². The van der Waals surface area contributed by atoms with Crippen molar-refractivity contribution in [2.45, 2.75) is 32.6 Å². The van der Waals surface area contributed by atoms with Crippen molar-refractivity contribution in [1.82, 2.24) is 10.2 Å². The van der Waals surface area contributed by atoms with E-state index in [9.17, 15) is 18.0 Å². The number of carbonyl (C=O) groups is 1. The topological polar surface area (TPSA) is 58.4 Å². The molecule has 0 spiro atoms. The van der Waals surface area contributed by atoms with Gasteiger partial charge in [-0.2, -0.15) is 13.2 Å². The number of likely N-dealkylation sites (N-methyl/N-ethyl adjacent to an activating group) is 1. The first-order valence-electron chi connectivity index (χ1n) is 6.53. The van der Waals surface area contributed by atoms with Crippen LogP contribution in [0.2, 0.25) is 0 Å². The highest BCUT2D eigenvalue weighted by atomic mass is 19.4. The third kappa shape index (κ3) is 5.63. The fraction of sp³-hybridized carbons (Fsp3) is 0.500. The smallest absolute Gasteiger partial charge is 0.399 e. The Labute approximate surface area is 122 Å². The number of nitrogen functional groups attached to an aromatic ring is 1. The molecule has 0 unspecified atom stereocenters. The number of amides is 1. The number of hydrogen-bond acceptors (Lipinski definition) is 3. The van der Waals surface area contributed by atoms with E-state index in [2.05, 4.69) is 5.32 Å². The van der Waals surface area contributed by atoms with Crippen LogP contribution in [0.5, 0.6) is 0 Å². The molecule has 0 aliphatic rings. The van der Waals surface area contributed by atoms with Gasteiger partial charge in [-0.1, -0.05) is 6.07 Å². The van der Waals surface area contributed by atoms with Crippen LogP contribution in [0.4, 0.5) is 18.9 Å². The van der Waals surface area contributed by atoms with E-state index < -0.39 is 11.7 Å². The average molecular weight is 303 g/mol. The summed E-state index contributed by atoms with van der Waals surface area (Å²) in [6, 6.07) is 3.67. The van der Waals surface area contributed by atoms with Gasteiger partial charge in [-0.3, -0.25) is 9.69 Å². The van der Waals surface area contributed by atoms with Crippen LogP contribution in [0.1, 0.15) is 25.0 Å². The van der Waals surface area contributed by atoms with Crippen LogP contribution in [-0.2, 0) is 17.5 Å². The molecule has 0 saturated heterocycles. The summed E-state index contributed by atoms with van der Waals surface area (Å²) in [7, 11) is 1.59. The molecular weight excluding hydrogens is 283 g/mol. The summed E-state index contributed by atoms with van der Waals surface area (Å²) in [5, 5.41) is 2.69. The van der Waals surface area contributed by atoms with Crippen molar-refractivity contribution < 1.29 is 18.0 Å². The van der Waals surface area contributed by atoms with Gasteiger partial charge in [0.25, 0.3) is 0 Å². The Hall–Kier alpha value is -1.76. The molecular formula is C14H20F3N3O. The fourth-order valence-electron chi connectivity index (χ4n) is 1.96. The van der Waals surface area contributed by atoms with Gasteiger partial charge in [-0.25, -0.2) is 0 Å². The molecule has 7 heteroatoms. The van der Waals surface area contributed by atoms with E-state index in [1.54, 1.807) is 7.05 Å². The third-order valence-corrected chi connectivity index (χ3v) is 2.74. The third-order valence-electron chi connectivity index (χ3n) is 2.74. The number of rotatable bonds is 5. The number of nitrogens with two attached hydrogens (primary N) is 1. The lowest BCUT2D eigenvalue weighted by Gasteiger charge is -2.20. The summed E-state index contributed by atoms with van der Waals surface area (Å²) >= 11 is 0. The highest BCUT2D eigenvalue weighted by molar-refractivity contribution is 5.78. The summed E-state index contributed by atoms with van der Waals surface area (Å²) in [5.41, 5.74) is 4.80. The molecule has 0 aromatic heterocycles. The normalized spacial score (nSPS) is 12.0. The van der Waals surface area contributed by atoms with Crippen molar-refractivity contribution >= 4 is 11.6 Å². The van der Waals surface area contributed by atoms with E-state index in [1.165, 1.54) is 17.0 Å². The summed E-state index contributed by atoms with van der Waals surface area (Å²) in [4.78, 5) is 13.1. The maximum Gasteiger partial charge on any atom is 0.416 e. The monoisotopic (exact) mass is 303 g/mol. The van der Waals surface area contributed by atoms with Gasteiger partial charge in [0.15, 0.2) is 0 Å². The molecule has 0 fully saturated rings. The lowest BCUT2D eigenvalue weighted by molar-refractivity contribution is -0.138. The fourth-order valence-corrected chi connectivity index (χ4v) is 1.96. The lowest BCUT2D eigenvalue weighted by atomic mass is 10.1. The Kier molecular flexibility index (Phi) is 5.60. The second-order valence-corrected chi connectivity index (χ2v) is 5.31. The molecule has 21 heavy (non-hydrogen) atoms. The molecule has 118 valence electrons. The van der Waals surface area contributed by atoms with E-state index in [0.29, 0.717) is 0 Å². The number of hydrogen-bond donors (Lipinski definition) is 2. The summed E-state index contributed by atoms with van der Waals surface area (Å²) in [5.74, 6) is -0.225. The highest BCUT2D eigenvalue weighted by Gasteiger charge is 2.33. The number of nitrogens with one attached hydrogen (secondary N) is 1. The van der Waals surface area contributed by atoms with E-state index in [-0.39, 0.29) is 36.3 Å². The van der Waals surface area contributed by atoms with Crippen LogP contribution in [0.3, 0.4) is 0 Å². The summed E-state index contributed by atoms with van der Waals surface area (Å²) < 4.78 is 38.9. The minimum Gasteiger partial charge on any atom is -0.399 e. The number of alkyl halides is 3. The first-order valence-corrected chi connectivity index (χ1v) is 6.53. The molecule has 0 saturated carbocycles. The van der Waals surface area contributed by atoms with E-state index in [1.807, 2.05) is 13.8 Å². The largest absolute Gasteiger partial charge is 0.416 e. The van der Waals surface area contributed by atoms with Gasteiger partial charge in [-0.15, -0.1) is 0 Å². The quantitative estimate of drug-likeness (QED) is 0.820. The zero-order valence-electron chi connectivity index (χ0n) is 12.3. The van der Waals surface area contributed by atoms with E-state index in [4.69, 9.17) is 5.73 Å². The van der Waals surface area contributed by atoms with Crippen LogP contribution >= 0.6 is 0 Å². The number of benzene rings is 1. The molecule has 3 N–H and O–H groups in total. The van der Waals surface area contributed by atoms with Gasteiger partial charge in [0.05, 0.1) is 12.1 Å². The molecule has 0 atom stereocenters. The standard InChI is InChI=1S/C14H20F3N3O/c1-9(2)19-13(21)8-20(3)7-10-4-5-11(18)6-12(10)14(15,16)17/h4-6,9H,7-8,18H2,1-3H3,(H,19,21). The molecule has 0 heterocycles. The first-order chi connectivity index (χ1) is 9.59. The van der Waals surface area contributed by atoms with Crippen LogP contribution in [0, 0.1) is 0 Å². The second-order valence-electron chi connectivity index (χ2n) is 5.31. The van der Waals surface area contributed by atoms with Gasteiger partial charge < -0.3 is 11.1 Å². The molecule has 0 aliphatic heterocycles. The van der Waals surface area contributed by atoms with Crippen molar-refractivity contribution in [2.75, 3.05) is 19.3 Å². The Morgan fingerprint density at radius 3 is 2.52 bits per heavy atom. The minimum absolute atomic E-state index is 0.00633. The molecule has 1 amide bonds. The zero-order chi connectivity index (χ0) is 16.2. The van der Waals surface area contributed by atoms with Crippen molar-refractivity contribution in [2.24, 2.45) is 0 Å². The number of nitrogens with zero attached hydrogens (tertiary/aromatic N) is 1. The molecule has 1 aromatic carbocycles. The van der Waals surface area contributed by atoms with Crippen LogP contribution < -0.4 is 11.1 Å². The molecule has 0 aliphatic carbocycles. The number of anilines is 1. The van der Waals surface area contributed by atoms with Gasteiger partial charge >= 0.3 is 6.18 Å². The van der Waals surface area contributed by atoms with Crippen LogP contribution in [-0.4, -0.2) is 30.4 Å². The predicted molar refractivity (Wildman–Crippen MR) is 75.5 cm³/mol. The zero-order valence-corrected chi connectivity index (χ0v) is 12.3. The Bertz CT molecular complexity index is 501.